The molecule has 16 nitrogen and oxygen atoms in total. The number of anilines is 2. The molecule has 9 heterocycles. The number of rotatable bonds is 16. The maximum atomic E-state index is 6.00. The molecule has 0 aliphatic carbocycles. The fourth-order valence-electron chi connectivity index (χ4n) is 14.7. The van der Waals surface area contributed by atoms with E-state index in [4.69, 9.17) is 29.9 Å². The lowest BCUT2D eigenvalue weighted by molar-refractivity contribution is 0.588. The smallest absolute Gasteiger partial charge is 0.183 e. The van der Waals surface area contributed by atoms with E-state index in [2.05, 4.69) is 395 Å². The summed E-state index contributed by atoms with van der Waals surface area (Å²) in [4.78, 5) is 52.1. The summed E-state index contributed by atoms with van der Waals surface area (Å²) < 4.78 is 9.25. The van der Waals surface area contributed by atoms with Crippen LogP contribution in [0.25, 0.3) is 147 Å². The van der Waals surface area contributed by atoms with E-state index in [1.807, 2.05) is 0 Å². The van der Waals surface area contributed by atoms with Crippen LogP contribution in [0.5, 0.6) is 0 Å². The van der Waals surface area contributed by atoms with Gasteiger partial charge in [-0.2, -0.15) is 0 Å². The first-order chi connectivity index (χ1) is 50.9. The van der Waals surface area contributed by atoms with Gasteiger partial charge < -0.3 is 47.8 Å². The van der Waals surface area contributed by atoms with E-state index in [0.29, 0.717) is 68.7 Å². The molecule has 15 aromatic rings. The minimum Gasteiger partial charge on any atom is -0.373 e. The number of fused-ring (bicyclic) bond motifs is 8. The first-order valence-corrected chi connectivity index (χ1v) is 34.8. The molecule has 0 spiro atoms. The van der Waals surface area contributed by atoms with Crippen LogP contribution < -0.4 is 9.80 Å². The van der Waals surface area contributed by atoms with Crippen molar-refractivity contribution < 1.29 is 0 Å². The highest BCUT2D eigenvalue weighted by molar-refractivity contribution is 6.00. The highest BCUT2D eigenvalue weighted by Crippen LogP contribution is 2.47. The molecule has 0 saturated carbocycles. The zero-order chi connectivity index (χ0) is 70.7. The molecule has 0 amide bonds. The summed E-state index contributed by atoms with van der Waals surface area (Å²) in [6.07, 6.45) is 0. The van der Waals surface area contributed by atoms with Crippen LogP contribution in [0.3, 0.4) is 0 Å². The fraction of sp³-hybridized carbons (Fsp3) is 0.0909. The predicted molar refractivity (Wildman–Crippen MR) is 424 cm³/mol. The van der Waals surface area contributed by atoms with Gasteiger partial charge in [0.25, 0.3) is 0 Å². The van der Waals surface area contributed by atoms with Gasteiger partial charge in [-0.1, -0.05) is 243 Å². The molecule has 16 heteroatoms. The molecule has 0 saturated heterocycles. The van der Waals surface area contributed by atoms with Crippen molar-refractivity contribution in [3.05, 3.63) is 314 Å². The minimum atomic E-state index is 0.396. The Morgan fingerprint density at radius 2 is 0.413 bits per heavy atom. The molecule has 17 rings (SSSR count). The number of aromatic amines is 2. The van der Waals surface area contributed by atoms with E-state index >= 15 is 0 Å². The van der Waals surface area contributed by atoms with Crippen LogP contribution in [-0.4, -0.2) is 124 Å². The van der Waals surface area contributed by atoms with Gasteiger partial charge in [-0.3, -0.25) is 0 Å². The SMILES string of the molecule is CN(C)C1=C(n2c(-c3ccccc3)ccc2-c2ccccc2)c2nc1nc1[nH]c(nc3nc(nc4[nH]c(n2)c(N(C)C)c4-n2c(-c4ccccc4)ccc2-c2ccccc2)C(N(C)C)=C3n2c(-c3ccccc3)ccc2-c2ccccc2)c(N(C)C)c1-n1c(-c2ccccc2)ccc1-c1ccccc1. The van der Waals surface area contributed by atoms with Gasteiger partial charge in [-0.25, -0.2) is 29.9 Å². The average molecular weight is 1360 g/mol. The number of benzene rings is 8. The maximum Gasteiger partial charge on any atom is 0.183 e. The standard InChI is InChI=1S/C88H74N16/c1-97(2)73-77(101-65(57-33-17-9-18-34-57)49-50-66(101)58-35-19-10-20-36-58)85-89-81(73)93-86-78(102-67(59-37-21-11-22-38-59)51-52-68(102)60-39-23-12-24-40-60)74(98(3)4)83(90-86)95-88-80(104-71(63-45-29-15-30-46-63)55-56-72(104)64-47-31-16-32-48-64)76(100(7)8)84(92-88)96-87-79(75(99(5)6)82(91-87)94-85)103-69(61-41-25-13-26-42-61)53-54-70(103)62-43-27-14-28-44-62/h9-56H,1-8H3,(H2,89,90,91,92,93,94,95,96). The Hall–Kier alpha value is -13.6. The predicted octanol–water partition coefficient (Wildman–Crippen LogP) is 18.4. The van der Waals surface area contributed by atoms with Crippen LogP contribution in [0, 0.1) is 0 Å². The molecule has 2 aliphatic heterocycles. The fourth-order valence-corrected chi connectivity index (χ4v) is 14.7. The van der Waals surface area contributed by atoms with E-state index in [9.17, 15) is 0 Å². The van der Waals surface area contributed by atoms with Gasteiger partial charge in [-0.05, 0) is 93.0 Å². The molecule has 0 radical (unpaired) electrons. The zero-order valence-electron chi connectivity index (χ0n) is 59.0. The highest BCUT2D eigenvalue weighted by Gasteiger charge is 2.36. The summed E-state index contributed by atoms with van der Waals surface area (Å²) in [7, 11) is 16.5. The van der Waals surface area contributed by atoms with Gasteiger partial charge in [0.05, 0.1) is 45.6 Å². The Morgan fingerprint density at radius 1 is 0.212 bits per heavy atom. The van der Waals surface area contributed by atoms with Crippen molar-refractivity contribution in [3.63, 3.8) is 0 Å². The first kappa shape index (κ1) is 63.8. The van der Waals surface area contributed by atoms with Crippen LogP contribution in [0.1, 0.15) is 23.3 Å². The molecule has 2 N–H and O–H groups in total. The number of H-pyrrole nitrogens is 2. The second-order valence-corrected chi connectivity index (χ2v) is 26.7. The van der Waals surface area contributed by atoms with Crippen LogP contribution in [-0.2, 0) is 0 Å². The lowest BCUT2D eigenvalue weighted by Gasteiger charge is -2.21. The first-order valence-electron chi connectivity index (χ1n) is 34.8. The van der Waals surface area contributed by atoms with Gasteiger partial charge >= 0.3 is 0 Å². The molecular formula is C88H74N16. The number of aromatic nitrogens is 12. The Bertz CT molecular complexity index is 5340. The molecule has 104 heavy (non-hydrogen) atoms. The van der Waals surface area contributed by atoms with Crippen molar-refractivity contribution >= 4 is 56.8 Å². The molecule has 0 atom stereocenters. The average Bonchev–Trinajstić information content (AvgIpc) is 1.63. The van der Waals surface area contributed by atoms with Crippen LogP contribution in [0.15, 0.2) is 291 Å². The van der Waals surface area contributed by atoms with Crippen LogP contribution in [0.2, 0.25) is 0 Å². The Labute approximate surface area is 603 Å². The van der Waals surface area contributed by atoms with Gasteiger partial charge in [0.1, 0.15) is 45.5 Å². The number of hydrogen-bond donors (Lipinski definition) is 2. The van der Waals surface area contributed by atoms with E-state index < -0.39 is 0 Å². The van der Waals surface area contributed by atoms with Crippen LogP contribution >= 0.6 is 0 Å². The minimum absolute atomic E-state index is 0.396. The van der Waals surface area contributed by atoms with Crippen molar-refractivity contribution in [3.8, 4) is 101 Å². The van der Waals surface area contributed by atoms with Crippen LogP contribution in [0.4, 0.5) is 11.4 Å². The van der Waals surface area contributed by atoms with Crippen molar-refractivity contribution in [2.45, 2.75) is 0 Å². The molecule has 8 bridgehead atoms. The lowest BCUT2D eigenvalue weighted by atomic mass is 10.1. The summed E-state index contributed by atoms with van der Waals surface area (Å²) in [6.45, 7) is 0. The highest BCUT2D eigenvalue weighted by atomic mass is 15.3. The Kier molecular flexibility index (Phi) is 16.3. The molecule has 2 aliphatic rings. The topological polar surface area (TPSA) is 142 Å². The van der Waals surface area contributed by atoms with Gasteiger partial charge in [0, 0.05) is 56.4 Å². The summed E-state index contributed by atoms with van der Waals surface area (Å²) in [5.41, 5.74) is 23.2. The summed E-state index contributed by atoms with van der Waals surface area (Å²) >= 11 is 0. The van der Waals surface area contributed by atoms with Crippen molar-refractivity contribution in [1.29, 1.82) is 0 Å². The summed E-state index contributed by atoms with van der Waals surface area (Å²) in [6, 6.07) is 102. The Balaban J connectivity index is 1.11. The van der Waals surface area contributed by atoms with E-state index in [1.165, 1.54) is 0 Å². The van der Waals surface area contributed by atoms with E-state index in [-0.39, 0.29) is 0 Å². The van der Waals surface area contributed by atoms with Crippen molar-refractivity contribution in [1.82, 2.24) is 67.9 Å². The van der Waals surface area contributed by atoms with Gasteiger partial charge in [0.15, 0.2) is 45.9 Å². The van der Waals surface area contributed by atoms with Gasteiger partial charge in [0.2, 0.25) is 0 Å². The normalized spacial score (nSPS) is 12.2. The monoisotopic (exact) mass is 1350 g/mol. The largest absolute Gasteiger partial charge is 0.373 e. The van der Waals surface area contributed by atoms with Crippen molar-refractivity contribution in [2.75, 3.05) is 66.2 Å². The quantitative estimate of drug-likeness (QED) is 0.0960. The second kappa shape index (κ2) is 26.5. The lowest BCUT2D eigenvalue weighted by Crippen LogP contribution is -2.15. The third-order valence-corrected chi connectivity index (χ3v) is 19.2. The summed E-state index contributed by atoms with van der Waals surface area (Å²) in [5, 5.41) is 0. The van der Waals surface area contributed by atoms with Gasteiger partial charge in [-0.15, -0.1) is 0 Å². The number of nitrogens with zero attached hydrogens (tertiary/aromatic N) is 14. The third kappa shape index (κ3) is 11.1. The molecule has 506 valence electrons. The zero-order valence-corrected chi connectivity index (χ0v) is 59.0. The summed E-state index contributed by atoms with van der Waals surface area (Å²) in [5.74, 6) is 1.60. The molecule has 0 unspecified atom stereocenters. The number of nitrogens with one attached hydrogen (secondary N) is 2. The molecule has 7 aromatic heterocycles. The third-order valence-electron chi connectivity index (χ3n) is 19.2. The van der Waals surface area contributed by atoms with E-state index in [0.717, 1.165) is 113 Å². The maximum absolute atomic E-state index is 6.00. The van der Waals surface area contributed by atoms with Crippen molar-refractivity contribution in [2.24, 2.45) is 0 Å². The van der Waals surface area contributed by atoms with E-state index in [1.54, 1.807) is 0 Å². The Morgan fingerprint density at radius 3 is 0.615 bits per heavy atom. The molecule has 8 aromatic carbocycles. The second-order valence-electron chi connectivity index (χ2n) is 26.7. The number of hydrogen-bond acceptors (Lipinski definition) is 10. The molecular weight excluding hydrogens is 1280 g/mol. The molecule has 0 fully saturated rings.